The van der Waals surface area contributed by atoms with Gasteiger partial charge in [-0.15, -0.1) is 0 Å². The quantitative estimate of drug-likeness (QED) is 0.656. The molecule has 7 heteroatoms. The number of carbonyl (C=O) groups is 2. The maximum absolute atomic E-state index is 12.9. The average molecular weight is 404 g/mol. The Hall–Kier alpha value is -3.74. The van der Waals surface area contributed by atoms with Gasteiger partial charge in [0.1, 0.15) is 11.7 Å². The van der Waals surface area contributed by atoms with E-state index in [9.17, 15) is 14.4 Å². The maximum atomic E-state index is 12.9. The van der Waals surface area contributed by atoms with Gasteiger partial charge >= 0.3 is 0 Å². The van der Waals surface area contributed by atoms with Gasteiger partial charge < -0.3 is 10.6 Å². The second-order valence-electron chi connectivity index (χ2n) is 6.92. The lowest BCUT2D eigenvalue weighted by molar-refractivity contribution is -0.119. The fourth-order valence-corrected chi connectivity index (χ4v) is 3.10. The Morgan fingerprint density at radius 2 is 1.67 bits per heavy atom. The Bertz CT molecular complexity index is 1120. The number of aryl methyl sites for hydroxylation is 1. The van der Waals surface area contributed by atoms with Crippen LogP contribution in [0.15, 0.2) is 65.5 Å². The van der Waals surface area contributed by atoms with Gasteiger partial charge in [-0.3, -0.25) is 14.4 Å². The van der Waals surface area contributed by atoms with Gasteiger partial charge in [0.25, 0.3) is 5.56 Å². The molecule has 1 aromatic heterocycles. The second-order valence-corrected chi connectivity index (χ2v) is 6.92. The predicted molar refractivity (Wildman–Crippen MR) is 117 cm³/mol. The number of hydrogen-bond donors (Lipinski definition) is 2. The van der Waals surface area contributed by atoms with Crippen molar-refractivity contribution < 1.29 is 9.59 Å². The van der Waals surface area contributed by atoms with E-state index in [1.54, 1.807) is 6.92 Å². The smallest absolute Gasteiger partial charge is 0.291 e. The van der Waals surface area contributed by atoms with E-state index in [0.717, 1.165) is 22.2 Å². The molecule has 0 aliphatic heterocycles. The molecule has 1 atom stereocenters. The van der Waals surface area contributed by atoms with E-state index in [1.165, 1.54) is 13.0 Å². The summed E-state index contributed by atoms with van der Waals surface area (Å²) >= 11 is 0. The molecular weight excluding hydrogens is 380 g/mol. The standard InChI is InChI=1S/C23H24N4O3/c1-4-17-10-8-9-13-19(17)25-22(29)15(2)27-23(30)21(24-16(3)28)14-20(26-27)18-11-6-5-7-12-18/h5-15H,4H2,1-3H3,(H,24,28)(H,25,29). The molecule has 0 radical (unpaired) electrons. The highest BCUT2D eigenvalue weighted by Crippen LogP contribution is 2.20. The first-order chi connectivity index (χ1) is 14.4. The summed E-state index contributed by atoms with van der Waals surface area (Å²) in [6.45, 7) is 4.93. The molecule has 0 aliphatic carbocycles. The molecule has 2 aromatic carbocycles. The molecule has 0 aliphatic rings. The third kappa shape index (κ3) is 4.63. The number of benzene rings is 2. The van der Waals surface area contributed by atoms with Gasteiger partial charge in [-0.25, -0.2) is 4.68 Å². The van der Waals surface area contributed by atoms with Crippen LogP contribution < -0.4 is 16.2 Å². The van der Waals surface area contributed by atoms with Crippen LogP contribution >= 0.6 is 0 Å². The van der Waals surface area contributed by atoms with Gasteiger partial charge in [-0.2, -0.15) is 5.10 Å². The van der Waals surface area contributed by atoms with Crippen molar-refractivity contribution in [2.24, 2.45) is 0 Å². The minimum absolute atomic E-state index is 0.0740. The fourth-order valence-electron chi connectivity index (χ4n) is 3.10. The highest BCUT2D eigenvalue weighted by Gasteiger charge is 2.21. The van der Waals surface area contributed by atoms with Crippen molar-refractivity contribution in [2.45, 2.75) is 33.2 Å². The monoisotopic (exact) mass is 404 g/mol. The molecule has 154 valence electrons. The van der Waals surface area contributed by atoms with Crippen LogP contribution in [0.3, 0.4) is 0 Å². The Labute approximate surface area is 174 Å². The van der Waals surface area contributed by atoms with Crippen molar-refractivity contribution in [1.29, 1.82) is 0 Å². The van der Waals surface area contributed by atoms with Crippen molar-refractivity contribution in [2.75, 3.05) is 10.6 Å². The zero-order valence-electron chi connectivity index (χ0n) is 17.2. The molecule has 0 saturated heterocycles. The number of nitrogens with zero attached hydrogens (tertiary/aromatic N) is 2. The van der Waals surface area contributed by atoms with E-state index in [-0.39, 0.29) is 17.5 Å². The van der Waals surface area contributed by atoms with Crippen molar-refractivity contribution in [3.05, 3.63) is 76.6 Å². The van der Waals surface area contributed by atoms with Gasteiger partial charge in [0.15, 0.2) is 0 Å². The Kier molecular flexibility index (Phi) is 6.41. The summed E-state index contributed by atoms with van der Waals surface area (Å²) in [6.07, 6.45) is 0.763. The van der Waals surface area contributed by atoms with Crippen molar-refractivity contribution in [3.63, 3.8) is 0 Å². The van der Waals surface area contributed by atoms with Crippen LogP contribution in [0.4, 0.5) is 11.4 Å². The topological polar surface area (TPSA) is 93.1 Å². The lowest BCUT2D eigenvalue weighted by Crippen LogP contribution is -2.35. The Morgan fingerprint density at radius 1 is 1.00 bits per heavy atom. The van der Waals surface area contributed by atoms with E-state index in [1.807, 2.05) is 61.5 Å². The third-order valence-corrected chi connectivity index (χ3v) is 4.72. The number of carbonyl (C=O) groups excluding carboxylic acids is 2. The van der Waals surface area contributed by atoms with Crippen molar-refractivity contribution >= 4 is 23.2 Å². The number of hydrogen-bond acceptors (Lipinski definition) is 4. The molecule has 1 heterocycles. The number of amides is 2. The summed E-state index contributed by atoms with van der Waals surface area (Å²) in [6, 6.07) is 17.4. The van der Waals surface area contributed by atoms with Crippen LogP contribution in [0.5, 0.6) is 0 Å². The van der Waals surface area contributed by atoms with Crippen LogP contribution in [0.2, 0.25) is 0 Å². The summed E-state index contributed by atoms with van der Waals surface area (Å²) in [7, 11) is 0. The van der Waals surface area contributed by atoms with Gasteiger partial charge in [-0.05, 0) is 31.0 Å². The number of anilines is 2. The van der Waals surface area contributed by atoms with Gasteiger partial charge in [0.05, 0.1) is 5.69 Å². The van der Waals surface area contributed by atoms with Crippen LogP contribution in [0.1, 0.15) is 32.4 Å². The van der Waals surface area contributed by atoms with Crippen molar-refractivity contribution in [3.8, 4) is 11.3 Å². The predicted octanol–water partition coefficient (Wildman–Crippen LogP) is 3.63. The lowest BCUT2D eigenvalue weighted by atomic mass is 10.1. The number of para-hydroxylation sites is 1. The van der Waals surface area contributed by atoms with Crippen LogP contribution in [0, 0.1) is 0 Å². The zero-order chi connectivity index (χ0) is 21.7. The molecule has 0 saturated carbocycles. The summed E-state index contributed by atoms with van der Waals surface area (Å²) in [4.78, 5) is 37.4. The number of aromatic nitrogens is 2. The molecule has 0 spiro atoms. The van der Waals surface area contributed by atoms with E-state index < -0.39 is 11.6 Å². The number of nitrogens with one attached hydrogen (secondary N) is 2. The Morgan fingerprint density at radius 3 is 2.33 bits per heavy atom. The molecule has 3 rings (SSSR count). The first-order valence-electron chi connectivity index (χ1n) is 9.76. The summed E-state index contributed by atoms with van der Waals surface area (Å²) in [5.74, 6) is -0.748. The third-order valence-electron chi connectivity index (χ3n) is 4.72. The zero-order valence-corrected chi connectivity index (χ0v) is 17.2. The highest BCUT2D eigenvalue weighted by atomic mass is 16.2. The molecule has 2 amide bonds. The molecule has 0 fully saturated rings. The second kappa shape index (κ2) is 9.17. The fraction of sp³-hybridized carbons (Fsp3) is 0.217. The first kappa shape index (κ1) is 21.0. The van der Waals surface area contributed by atoms with Crippen LogP contribution in [-0.2, 0) is 16.0 Å². The highest BCUT2D eigenvalue weighted by molar-refractivity contribution is 5.94. The summed E-state index contributed by atoms with van der Waals surface area (Å²) in [5, 5.41) is 9.83. The minimum atomic E-state index is -0.890. The normalized spacial score (nSPS) is 11.6. The van der Waals surface area contributed by atoms with Gasteiger partial charge in [0, 0.05) is 18.2 Å². The van der Waals surface area contributed by atoms with Crippen molar-refractivity contribution in [1.82, 2.24) is 9.78 Å². The summed E-state index contributed by atoms with van der Waals surface area (Å²) in [5.41, 5.74) is 2.47. The van der Waals surface area contributed by atoms with E-state index in [0.29, 0.717) is 11.4 Å². The van der Waals surface area contributed by atoms with Gasteiger partial charge in [0.2, 0.25) is 11.8 Å². The molecule has 0 bridgehead atoms. The van der Waals surface area contributed by atoms with E-state index in [4.69, 9.17) is 0 Å². The maximum Gasteiger partial charge on any atom is 0.291 e. The molecule has 30 heavy (non-hydrogen) atoms. The largest absolute Gasteiger partial charge is 0.324 e. The molecule has 7 nitrogen and oxygen atoms in total. The van der Waals surface area contributed by atoms with E-state index >= 15 is 0 Å². The SMILES string of the molecule is CCc1ccccc1NC(=O)C(C)n1nc(-c2ccccc2)cc(NC(C)=O)c1=O. The molecular formula is C23H24N4O3. The molecule has 1 unspecified atom stereocenters. The van der Waals surface area contributed by atoms with Gasteiger partial charge in [-0.1, -0.05) is 55.5 Å². The Balaban J connectivity index is 2.01. The molecule has 2 N–H and O–H groups in total. The first-order valence-corrected chi connectivity index (χ1v) is 9.76. The lowest BCUT2D eigenvalue weighted by Gasteiger charge is -2.18. The molecule has 3 aromatic rings. The average Bonchev–Trinajstić information content (AvgIpc) is 2.75. The number of rotatable bonds is 6. The van der Waals surface area contributed by atoms with Crippen LogP contribution in [0.25, 0.3) is 11.3 Å². The summed E-state index contributed by atoms with van der Waals surface area (Å²) < 4.78 is 1.11. The van der Waals surface area contributed by atoms with E-state index in [2.05, 4.69) is 15.7 Å². The van der Waals surface area contributed by atoms with Crippen LogP contribution in [-0.4, -0.2) is 21.6 Å². The minimum Gasteiger partial charge on any atom is -0.324 e.